The minimum Gasteiger partial charge on any atom is -0.445 e. The fraction of sp³-hybridized carbons (Fsp3) is 0.400. The highest BCUT2D eigenvalue weighted by Crippen LogP contribution is 2.37. The number of aliphatic imine (C=N–C) groups is 1. The second kappa shape index (κ2) is 21.2. The number of benzene rings is 3. The van der Waals surface area contributed by atoms with E-state index in [-0.39, 0.29) is 56.7 Å². The van der Waals surface area contributed by atoms with Crippen LogP contribution in [-0.2, 0) is 48.1 Å². The van der Waals surface area contributed by atoms with Crippen LogP contribution in [-0.4, -0.2) is 87.1 Å². The Bertz CT molecular complexity index is 1980. The number of nitrogens with zero attached hydrogens (tertiary/aromatic N) is 2. The van der Waals surface area contributed by atoms with Gasteiger partial charge in [-0.1, -0.05) is 72.8 Å². The number of amides is 5. The molecule has 0 aliphatic carbocycles. The lowest BCUT2D eigenvalue weighted by atomic mass is 10.0. The maximum atomic E-state index is 14.3. The first kappa shape index (κ1) is 44.1. The molecule has 3 aromatic rings. The van der Waals surface area contributed by atoms with Crippen molar-refractivity contribution in [2.24, 2.45) is 16.5 Å². The predicted molar refractivity (Wildman–Crippen MR) is 216 cm³/mol. The highest BCUT2D eigenvalue weighted by atomic mass is 31.2. The van der Waals surface area contributed by atoms with Crippen molar-refractivity contribution >= 4 is 43.5 Å². The molecule has 0 saturated carbocycles. The highest BCUT2D eigenvalue weighted by Gasteiger charge is 2.45. The van der Waals surface area contributed by atoms with E-state index >= 15 is 0 Å². The van der Waals surface area contributed by atoms with Crippen molar-refractivity contribution in [3.8, 4) is 5.75 Å². The second-order valence-corrected chi connectivity index (χ2v) is 15.6. The Morgan fingerprint density at radius 2 is 1.51 bits per heavy atom. The minimum absolute atomic E-state index is 0.0673. The molecule has 0 aromatic heterocycles. The van der Waals surface area contributed by atoms with Gasteiger partial charge in [0, 0.05) is 25.6 Å². The summed E-state index contributed by atoms with van der Waals surface area (Å²) in [6.07, 6.45) is 2.00. The third-order valence-electron chi connectivity index (χ3n) is 10.0. The van der Waals surface area contributed by atoms with Crippen LogP contribution in [0.1, 0.15) is 61.6 Å². The van der Waals surface area contributed by atoms with Crippen molar-refractivity contribution < 1.29 is 47.6 Å². The van der Waals surface area contributed by atoms with Crippen molar-refractivity contribution in [3.63, 3.8) is 0 Å². The zero-order valence-electron chi connectivity index (χ0n) is 32.4. The standard InChI is InChI=1S/C40H51N8O10P/c41-39(42)43-22-8-15-31(35(49)44-24-27-9-3-1-4-10-27)45-37(51)34-21-18-29-13-7-14-32(38(52)48(29)34)46-36(50)33(47-40(53)57-25-28-11-5-2-6-12-28)23-26-16-19-30(20-17-26)58-59(54,55)56/h1-6,9-12,16-17,19-20,29,31-34H,7-8,13-15,18,21-25H2,(H,44,49)(H,45,51)(H,46,50)(H,47,53)(H4,41,42,43)(H2,54,55,56)/t29?,31-,32-,33-,34-/m0/s1. The lowest BCUT2D eigenvalue weighted by molar-refractivity contribution is -0.143. The maximum absolute atomic E-state index is 14.3. The average Bonchev–Trinajstić information content (AvgIpc) is 3.57. The molecule has 2 fully saturated rings. The molecular formula is C40H51N8O10P. The van der Waals surface area contributed by atoms with Crippen molar-refractivity contribution in [1.82, 2.24) is 26.2 Å². The molecule has 0 radical (unpaired) electrons. The molecule has 2 aliphatic heterocycles. The molecule has 316 valence electrons. The van der Waals surface area contributed by atoms with Gasteiger partial charge >= 0.3 is 13.9 Å². The Morgan fingerprint density at radius 3 is 2.17 bits per heavy atom. The third kappa shape index (κ3) is 13.8. The lowest BCUT2D eigenvalue weighted by Crippen LogP contribution is -2.58. The second-order valence-electron chi connectivity index (χ2n) is 14.4. The van der Waals surface area contributed by atoms with Gasteiger partial charge in [0.05, 0.1) is 0 Å². The molecule has 1 unspecified atom stereocenters. The van der Waals surface area contributed by atoms with Crippen molar-refractivity contribution in [3.05, 3.63) is 102 Å². The van der Waals surface area contributed by atoms with E-state index in [4.69, 9.17) is 26.0 Å². The minimum atomic E-state index is -4.81. The topological polar surface area (TPSA) is 277 Å². The molecule has 0 spiro atoms. The van der Waals surface area contributed by atoms with Gasteiger partial charge in [-0.3, -0.25) is 34.0 Å². The number of phosphoric ester groups is 1. The van der Waals surface area contributed by atoms with Crippen LogP contribution >= 0.6 is 7.82 Å². The van der Waals surface area contributed by atoms with E-state index in [2.05, 4.69) is 30.8 Å². The van der Waals surface area contributed by atoms with Crippen LogP contribution in [0.5, 0.6) is 5.75 Å². The van der Waals surface area contributed by atoms with Crippen molar-refractivity contribution in [2.45, 2.75) is 94.7 Å². The summed E-state index contributed by atoms with van der Waals surface area (Å²) >= 11 is 0. The normalized spacial score (nSPS) is 18.6. The molecule has 18 nitrogen and oxygen atoms in total. The van der Waals surface area contributed by atoms with E-state index in [0.29, 0.717) is 37.7 Å². The number of hydrogen-bond acceptors (Lipinski definition) is 9. The monoisotopic (exact) mass is 834 g/mol. The number of nitrogens with one attached hydrogen (secondary N) is 4. The zero-order chi connectivity index (χ0) is 42.4. The molecule has 59 heavy (non-hydrogen) atoms. The van der Waals surface area contributed by atoms with Gasteiger partial charge < -0.3 is 46.9 Å². The SMILES string of the molecule is NC(N)=NCCC[C@H](NC(=O)[C@@H]1CCC2CCC[C@H](NC(=O)[C@H](Cc3ccc(OP(=O)(O)O)cc3)NC(=O)OCc3ccccc3)C(=O)N21)C(=O)NCc1ccccc1. The molecular weight excluding hydrogens is 783 g/mol. The van der Waals surface area contributed by atoms with Gasteiger partial charge in [0.15, 0.2) is 5.96 Å². The summed E-state index contributed by atoms with van der Waals surface area (Å²) in [5, 5.41) is 11.1. The molecule has 10 N–H and O–H groups in total. The van der Waals surface area contributed by atoms with Gasteiger partial charge in [0.1, 0.15) is 36.5 Å². The number of guanidine groups is 1. The number of rotatable bonds is 18. The lowest BCUT2D eigenvalue weighted by Gasteiger charge is -2.32. The molecule has 5 rings (SSSR count). The Hall–Kier alpha value is -5.97. The van der Waals surface area contributed by atoms with E-state index in [1.165, 1.54) is 29.2 Å². The fourth-order valence-corrected chi connectivity index (χ4v) is 7.55. The van der Waals surface area contributed by atoms with E-state index in [1.807, 2.05) is 36.4 Å². The molecule has 2 aliphatic rings. The van der Waals surface area contributed by atoms with Crippen molar-refractivity contribution in [1.29, 1.82) is 0 Å². The van der Waals surface area contributed by atoms with Gasteiger partial charge in [-0.2, -0.15) is 0 Å². The molecule has 3 aromatic carbocycles. The van der Waals surface area contributed by atoms with Crippen LogP contribution in [0.2, 0.25) is 0 Å². The number of fused-ring (bicyclic) bond motifs is 1. The van der Waals surface area contributed by atoms with Gasteiger partial charge in [0.25, 0.3) is 0 Å². The van der Waals surface area contributed by atoms with Gasteiger partial charge in [-0.25, -0.2) is 9.36 Å². The van der Waals surface area contributed by atoms with E-state index < -0.39 is 61.7 Å². The van der Waals surface area contributed by atoms with Crippen LogP contribution in [0.4, 0.5) is 4.79 Å². The summed E-state index contributed by atoms with van der Waals surface area (Å²) in [5.74, 6) is -2.25. The number of carbonyl (C=O) groups is 5. The summed E-state index contributed by atoms with van der Waals surface area (Å²) in [5.41, 5.74) is 13.0. The van der Waals surface area contributed by atoms with Gasteiger partial charge in [-0.05, 0) is 73.8 Å². The molecule has 2 heterocycles. The Morgan fingerprint density at radius 1 is 0.831 bits per heavy atom. The summed E-state index contributed by atoms with van der Waals surface area (Å²) in [6, 6.07) is 19.4. The van der Waals surface area contributed by atoms with Crippen LogP contribution in [0.3, 0.4) is 0 Å². The first-order valence-electron chi connectivity index (χ1n) is 19.4. The largest absolute Gasteiger partial charge is 0.524 e. The summed E-state index contributed by atoms with van der Waals surface area (Å²) < 4.78 is 21.3. The van der Waals surface area contributed by atoms with Gasteiger partial charge in [-0.15, -0.1) is 0 Å². The van der Waals surface area contributed by atoms with Crippen LogP contribution in [0, 0.1) is 0 Å². The first-order valence-corrected chi connectivity index (χ1v) is 20.9. The van der Waals surface area contributed by atoms with Gasteiger partial charge in [0.2, 0.25) is 23.6 Å². The Labute approximate surface area is 341 Å². The maximum Gasteiger partial charge on any atom is 0.524 e. The molecule has 5 amide bonds. The summed E-state index contributed by atoms with van der Waals surface area (Å²) in [4.78, 5) is 92.4. The van der Waals surface area contributed by atoms with Crippen molar-refractivity contribution in [2.75, 3.05) is 6.54 Å². The van der Waals surface area contributed by atoms with E-state index in [1.54, 1.807) is 24.3 Å². The fourth-order valence-electron chi connectivity index (χ4n) is 7.15. The first-order chi connectivity index (χ1) is 28.3. The average molecular weight is 835 g/mol. The number of alkyl carbamates (subject to hydrolysis) is 1. The van der Waals surface area contributed by atoms with Crippen LogP contribution < -0.4 is 37.3 Å². The number of ether oxygens (including phenoxy) is 1. The highest BCUT2D eigenvalue weighted by molar-refractivity contribution is 7.46. The molecule has 2 saturated heterocycles. The predicted octanol–water partition coefficient (Wildman–Crippen LogP) is 1.88. The number of hydrogen-bond donors (Lipinski definition) is 8. The Balaban J connectivity index is 1.28. The summed E-state index contributed by atoms with van der Waals surface area (Å²) in [7, 11) is -4.81. The molecule has 19 heteroatoms. The number of phosphoric acid groups is 1. The number of nitrogens with two attached hydrogens (primary N) is 2. The third-order valence-corrected chi connectivity index (χ3v) is 10.4. The smallest absolute Gasteiger partial charge is 0.445 e. The number of carbonyl (C=O) groups excluding carboxylic acids is 5. The van der Waals surface area contributed by atoms with Crippen LogP contribution in [0.25, 0.3) is 0 Å². The zero-order valence-corrected chi connectivity index (χ0v) is 33.3. The summed E-state index contributed by atoms with van der Waals surface area (Å²) in [6.45, 7) is 0.422. The van der Waals surface area contributed by atoms with E-state index in [9.17, 15) is 28.5 Å². The molecule has 0 bridgehead atoms. The van der Waals surface area contributed by atoms with E-state index in [0.717, 1.165) is 11.1 Å². The van der Waals surface area contributed by atoms with Crippen LogP contribution in [0.15, 0.2) is 89.9 Å². The molecule has 5 atom stereocenters. The Kier molecular flexibility index (Phi) is 15.8. The quantitative estimate of drug-likeness (QED) is 0.0395.